The predicted molar refractivity (Wildman–Crippen MR) is 89.1 cm³/mol. The summed E-state index contributed by atoms with van der Waals surface area (Å²) in [6.45, 7) is 4.59. The van der Waals surface area contributed by atoms with Gasteiger partial charge in [0.25, 0.3) is 0 Å². The van der Waals surface area contributed by atoms with Gasteiger partial charge in [0, 0.05) is 17.0 Å². The highest BCUT2D eigenvalue weighted by atomic mass is 32.1. The van der Waals surface area contributed by atoms with Gasteiger partial charge in [-0.15, -0.1) is 11.3 Å². The summed E-state index contributed by atoms with van der Waals surface area (Å²) in [4.78, 5) is 14.4. The van der Waals surface area contributed by atoms with Gasteiger partial charge in [-0.05, 0) is 44.6 Å². The zero-order valence-electron chi connectivity index (χ0n) is 12.9. The third-order valence-electron chi connectivity index (χ3n) is 5.30. The Morgan fingerprint density at radius 1 is 1.29 bits per heavy atom. The maximum Gasteiger partial charge on any atom is 0.141 e. The maximum atomic E-state index is 4.70. The first-order valence-electron chi connectivity index (χ1n) is 8.29. The van der Waals surface area contributed by atoms with Crippen LogP contribution in [0.25, 0.3) is 10.2 Å². The molecule has 2 fully saturated rings. The minimum Gasteiger partial charge on any atom is -0.350 e. The summed E-state index contributed by atoms with van der Waals surface area (Å²) in [5, 5.41) is 1.28. The van der Waals surface area contributed by atoms with Gasteiger partial charge in [-0.3, -0.25) is 0 Å². The van der Waals surface area contributed by atoms with Gasteiger partial charge >= 0.3 is 0 Å². The second-order valence-electron chi connectivity index (χ2n) is 6.59. The molecule has 1 saturated heterocycles. The van der Waals surface area contributed by atoms with Gasteiger partial charge in [0.15, 0.2) is 0 Å². The standard InChI is InChI=1S/C17H23N3S/c1-3-13-9-14-16(18-10-19-17(14)21-13)20-11(2)8-12-6-4-5-7-15(12)20/h9-12,15H,3-8H2,1-2H3/t11-,12-,15+/m1/s1. The van der Waals surface area contributed by atoms with Crippen LogP contribution >= 0.6 is 11.3 Å². The number of hydrogen-bond donors (Lipinski definition) is 0. The molecule has 0 radical (unpaired) electrons. The molecule has 0 aromatic carbocycles. The molecule has 0 bridgehead atoms. The summed E-state index contributed by atoms with van der Waals surface area (Å²) in [5.41, 5.74) is 0. The van der Waals surface area contributed by atoms with E-state index in [1.165, 1.54) is 48.2 Å². The molecule has 0 spiro atoms. The normalized spacial score (nSPS) is 29.0. The molecule has 2 aliphatic rings. The zero-order valence-corrected chi connectivity index (χ0v) is 13.7. The van der Waals surface area contributed by atoms with Crippen molar-refractivity contribution in [2.75, 3.05) is 4.90 Å². The Balaban J connectivity index is 1.79. The fourth-order valence-corrected chi connectivity index (χ4v) is 5.28. The van der Waals surface area contributed by atoms with E-state index in [1.54, 1.807) is 6.33 Å². The van der Waals surface area contributed by atoms with Crippen molar-refractivity contribution in [2.24, 2.45) is 5.92 Å². The lowest BCUT2D eigenvalue weighted by molar-refractivity contribution is 0.341. The highest BCUT2D eigenvalue weighted by Gasteiger charge is 2.41. The third-order valence-corrected chi connectivity index (χ3v) is 6.48. The largest absolute Gasteiger partial charge is 0.350 e. The number of rotatable bonds is 2. The molecule has 4 rings (SSSR count). The Morgan fingerprint density at radius 2 is 2.14 bits per heavy atom. The van der Waals surface area contributed by atoms with Crippen LogP contribution in [0.15, 0.2) is 12.4 Å². The van der Waals surface area contributed by atoms with Crippen LogP contribution in [0.5, 0.6) is 0 Å². The van der Waals surface area contributed by atoms with Gasteiger partial charge in [-0.1, -0.05) is 19.8 Å². The zero-order chi connectivity index (χ0) is 14.4. The second kappa shape index (κ2) is 5.24. The SMILES string of the molecule is CCc1cc2c(N3[C@H](C)C[C@H]4CCCC[C@@H]43)ncnc2s1. The topological polar surface area (TPSA) is 29.0 Å². The number of nitrogens with zero attached hydrogens (tertiary/aromatic N) is 3. The minimum absolute atomic E-state index is 0.612. The molecule has 4 heteroatoms. The van der Waals surface area contributed by atoms with E-state index >= 15 is 0 Å². The van der Waals surface area contributed by atoms with E-state index in [-0.39, 0.29) is 0 Å². The van der Waals surface area contributed by atoms with Gasteiger partial charge in [0.05, 0.1) is 5.39 Å². The number of aryl methyl sites for hydroxylation is 1. The van der Waals surface area contributed by atoms with Crippen molar-refractivity contribution < 1.29 is 0 Å². The van der Waals surface area contributed by atoms with Crippen molar-refractivity contribution in [2.45, 2.75) is 64.5 Å². The molecule has 112 valence electrons. The summed E-state index contributed by atoms with van der Waals surface area (Å²) in [7, 11) is 0. The second-order valence-corrected chi connectivity index (χ2v) is 7.70. The van der Waals surface area contributed by atoms with E-state index < -0.39 is 0 Å². The van der Waals surface area contributed by atoms with Crippen molar-refractivity contribution in [1.82, 2.24) is 9.97 Å². The van der Waals surface area contributed by atoms with Gasteiger partial charge in [0.2, 0.25) is 0 Å². The molecule has 1 saturated carbocycles. The van der Waals surface area contributed by atoms with Gasteiger partial charge in [-0.2, -0.15) is 0 Å². The Kier molecular flexibility index (Phi) is 3.37. The molecule has 3 atom stereocenters. The van der Waals surface area contributed by atoms with Crippen LogP contribution in [0, 0.1) is 5.92 Å². The summed E-state index contributed by atoms with van der Waals surface area (Å²) >= 11 is 1.82. The van der Waals surface area contributed by atoms with Crippen molar-refractivity contribution in [3.05, 3.63) is 17.3 Å². The van der Waals surface area contributed by atoms with E-state index in [1.807, 2.05) is 11.3 Å². The van der Waals surface area contributed by atoms with Crippen molar-refractivity contribution in [1.29, 1.82) is 0 Å². The van der Waals surface area contributed by atoms with Gasteiger partial charge < -0.3 is 4.90 Å². The number of anilines is 1. The van der Waals surface area contributed by atoms with Crippen LogP contribution in [0.2, 0.25) is 0 Å². The van der Waals surface area contributed by atoms with E-state index in [4.69, 9.17) is 4.98 Å². The van der Waals surface area contributed by atoms with Gasteiger partial charge in [0.1, 0.15) is 17.0 Å². The Bertz CT molecular complexity index is 651. The lowest BCUT2D eigenvalue weighted by atomic mass is 9.85. The fraction of sp³-hybridized carbons (Fsp3) is 0.647. The van der Waals surface area contributed by atoms with Crippen LogP contribution in [0.3, 0.4) is 0 Å². The van der Waals surface area contributed by atoms with E-state index in [0.29, 0.717) is 12.1 Å². The molecule has 3 heterocycles. The summed E-state index contributed by atoms with van der Waals surface area (Å²) < 4.78 is 0. The average Bonchev–Trinajstić information content (AvgIpc) is 3.06. The number of fused-ring (bicyclic) bond motifs is 2. The minimum atomic E-state index is 0.612. The fourth-order valence-electron chi connectivity index (χ4n) is 4.35. The highest BCUT2D eigenvalue weighted by molar-refractivity contribution is 7.18. The highest BCUT2D eigenvalue weighted by Crippen LogP contribution is 2.43. The molecular weight excluding hydrogens is 278 g/mol. The summed E-state index contributed by atoms with van der Waals surface area (Å²) in [6.07, 6.45) is 9.72. The summed E-state index contributed by atoms with van der Waals surface area (Å²) in [5.74, 6) is 2.07. The Hall–Kier alpha value is -1.16. The number of aromatic nitrogens is 2. The van der Waals surface area contributed by atoms with E-state index in [2.05, 4.69) is 29.8 Å². The van der Waals surface area contributed by atoms with Crippen LogP contribution in [0.1, 0.15) is 50.8 Å². The molecular formula is C17H23N3S. The summed E-state index contributed by atoms with van der Waals surface area (Å²) in [6, 6.07) is 3.64. The van der Waals surface area contributed by atoms with Crippen molar-refractivity contribution in [3.63, 3.8) is 0 Å². The Labute approximate surface area is 130 Å². The quantitative estimate of drug-likeness (QED) is 0.822. The molecule has 1 aliphatic carbocycles. The molecule has 21 heavy (non-hydrogen) atoms. The van der Waals surface area contributed by atoms with Crippen LogP contribution in [0.4, 0.5) is 5.82 Å². The van der Waals surface area contributed by atoms with Crippen LogP contribution in [-0.4, -0.2) is 22.1 Å². The van der Waals surface area contributed by atoms with E-state index in [0.717, 1.165) is 17.2 Å². The molecule has 2 aromatic heterocycles. The maximum absolute atomic E-state index is 4.70. The van der Waals surface area contributed by atoms with Crippen molar-refractivity contribution in [3.8, 4) is 0 Å². The molecule has 2 aromatic rings. The third kappa shape index (κ3) is 2.15. The van der Waals surface area contributed by atoms with Crippen LogP contribution in [-0.2, 0) is 6.42 Å². The molecule has 0 unspecified atom stereocenters. The lowest BCUT2D eigenvalue weighted by Gasteiger charge is -2.34. The number of hydrogen-bond acceptors (Lipinski definition) is 4. The number of thiophene rings is 1. The molecule has 3 nitrogen and oxygen atoms in total. The lowest BCUT2D eigenvalue weighted by Crippen LogP contribution is -2.38. The monoisotopic (exact) mass is 301 g/mol. The first-order chi connectivity index (χ1) is 10.3. The Morgan fingerprint density at radius 3 is 3.00 bits per heavy atom. The molecule has 0 amide bonds. The first kappa shape index (κ1) is 13.5. The van der Waals surface area contributed by atoms with Crippen molar-refractivity contribution >= 4 is 27.4 Å². The van der Waals surface area contributed by atoms with Gasteiger partial charge in [-0.25, -0.2) is 9.97 Å². The molecule has 0 N–H and O–H groups in total. The van der Waals surface area contributed by atoms with E-state index in [9.17, 15) is 0 Å². The smallest absolute Gasteiger partial charge is 0.141 e. The molecule has 1 aliphatic heterocycles. The average molecular weight is 301 g/mol. The van der Waals surface area contributed by atoms with Crippen LogP contribution < -0.4 is 4.90 Å². The predicted octanol–water partition coefficient (Wildman–Crippen LogP) is 4.41. The first-order valence-corrected chi connectivity index (χ1v) is 9.11.